The first-order valence-corrected chi connectivity index (χ1v) is 11.2. The summed E-state index contributed by atoms with van der Waals surface area (Å²) >= 11 is 5.77. The molecule has 3 heterocycles. The van der Waals surface area contributed by atoms with Crippen molar-refractivity contribution in [1.29, 1.82) is 0 Å². The molecule has 1 aliphatic rings. The Bertz CT molecular complexity index is 1320. The minimum atomic E-state index is -1.78. The number of benzene rings is 2. The van der Waals surface area contributed by atoms with Crippen LogP contribution < -0.4 is 4.90 Å². The minimum absolute atomic E-state index is 0.0473. The highest BCUT2D eigenvalue weighted by molar-refractivity contribution is 7.80. The Hall–Kier alpha value is -3.84. The molecule has 13 heteroatoms. The summed E-state index contributed by atoms with van der Waals surface area (Å²) in [7, 11) is 0. The third kappa shape index (κ3) is 4.23. The zero-order chi connectivity index (χ0) is 24.6. The smallest absolute Gasteiger partial charge is 0.176 e. The summed E-state index contributed by atoms with van der Waals surface area (Å²) in [6, 6.07) is 10.0. The van der Waals surface area contributed by atoms with Crippen molar-refractivity contribution in [3.05, 3.63) is 78.6 Å². The topological polar surface area (TPSA) is 101 Å². The molecule has 5 rings (SSSR count). The molecule has 0 saturated carbocycles. The van der Waals surface area contributed by atoms with E-state index in [1.165, 1.54) is 29.7 Å². The molecule has 1 fully saturated rings. The molecule has 10 nitrogen and oxygen atoms in total. The zero-order valence-electron chi connectivity index (χ0n) is 18.6. The summed E-state index contributed by atoms with van der Waals surface area (Å²) in [4.78, 5) is 7.69. The Morgan fingerprint density at radius 1 is 1.09 bits per heavy atom. The van der Waals surface area contributed by atoms with Crippen LogP contribution in [0.2, 0.25) is 0 Å². The van der Waals surface area contributed by atoms with Gasteiger partial charge in [-0.15, -0.1) is 5.10 Å². The van der Waals surface area contributed by atoms with Crippen LogP contribution in [0.25, 0.3) is 5.69 Å². The van der Waals surface area contributed by atoms with Crippen LogP contribution in [0.4, 0.5) is 14.5 Å². The number of aliphatic hydroxyl groups is 1. The van der Waals surface area contributed by atoms with E-state index in [4.69, 9.17) is 12.2 Å². The first-order valence-electron chi connectivity index (χ1n) is 10.8. The second-order valence-electron chi connectivity index (χ2n) is 8.22. The lowest BCUT2D eigenvalue weighted by Crippen LogP contribution is -2.53. The van der Waals surface area contributed by atoms with Gasteiger partial charge in [0, 0.05) is 30.4 Å². The van der Waals surface area contributed by atoms with E-state index in [9.17, 15) is 13.9 Å². The molecule has 1 N–H and O–H groups in total. The fraction of sp³-hybridized carbons (Fsp3) is 0.273. The van der Waals surface area contributed by atoms with Crippen LogP contribution in [0, 0.1) is 11.6 Å². The Morgan fingerprint density at radius 2 is 1.86 bits per heavy atom. The molecule has 1 saturated heterocycles. The van der Waals surface area contributed by atoms with Crippen LogP contribution >= 0.6 is 12.2 Å². The van der Waals surface area contributed by atoms with E-state index in [1.807, 2.05) is 34.1 Å². The van der Waals surface area contributed by atoms with Gasteiger partial charge in [0.05, 0.1) is 18.3 Å². The molecule has 2 atom stereocenters. The van der Waals surface area contributed by atoms with E-state index in [-0.39, 0.29) is 12.1 Å². The molecule has 4 aromatic rings. The lowest BCUT2D eigenvalue weighted by Gasteiger charge is -2.40. The predicted molar refractivity (Wildman–Crippen MR) is 126 cm³/mol. The van der Waals surface area contributed by atoms with Gasteiger partial charge in [0.1, 0.15) is 36.2 Å². The van der Waals surface area contributed by atoms with E-state index in [2.05, 4.69) is 25.6 Å². The predicted octanol–water partition coefficient (Wildman–Crippen LogP) is 1.92. The number of rotatable bonds is 7. The molecule has 1 aliphatic heterocycles. The summed E-state index contributed by atoms with van der Waals surface area (Å²) in [6.45, 7) is 2.72. The number of halogens is 2. The maximum atomic E-state index is 14.9. The summed E-state index contributed by atoms with van der Waals surface area (Å²) in [5.74, 6) is -1.57. The van der Waals surface area contributed by atoms with Crippen LogP contribution in [0.3, 0.4) is 0 Å². The van der Waals surface area contributed by atoms with Crippen LogP contribution in [0.15, 0.2) is 61.4 Å². The maximum absolute atomic E-state index is 14.9. The first-order chi connectivity index (χ1) is 16.9. The van der Waals surface area contributed by atoms with Gasteiger partial charge in [0.15, 0.2) is 5.11 Å². The molecule has 0 unspecified atom stereocenters. The van der Waals surface area contributed by atoms with Crippen molar-refractivity contribution in [1.82, 2.24) is 39.9 Å². The van der Waals surface area contributed by atoms with E-state index in [0.717, 1.165) is 23.5 Å². The third-order valence-corrected chi connectivity index (χ3v) is 6.70. The van der Waals surface area contributed by atoms with Crippen molar-refractivity contribution in [2.75, 3.05) is 18.0 Å². The normalized spacial score (nSPS) is 16.5. The van der Waals surface area contributed by atoms with Gasteiger partial charge < -0.3 is 14.9 Å². The van der Waals surface area contributed by atoms with Gasteiger partial charge in [-0.2, -0.15) is 5.10 Å². The van der Waals surface area contributed by atoms with E-state index in [0.29, 0.717) is 18.2 Å². The van der Waals surface area contributed by atoms with Crippen molar-refractivity contribution in [2.24, 2.45) is 0 Å². The molecule has 35 heavy (non-hydrogen) atoms. The quantitative estimate of drug-likeness (QED) is 0.384. The first kappa shape index (κ1) is 22.9. The minimum Gasteiger partial charge on any atom is -0.381 e. The average Bonchev–Trinajstić information content (AvgIpc) is 3.61. The summed E-state index contributed by atoms with van der Waals surface area (Å²) in [6.07, 6.45) is 4.26. The SMILES string of the molecule is C[C@@H](N1CCN(c2ccc(-n3cnnn3)cc2)C1=S)[C@](O)(Cn1cncn1)c1ccc(F)cc1F. The van der Waals surface area contributed by atoms with E-state index in [1.54, 1.807) is 11.6 Å². The molecule has 180 valence electrons. The van der Waals surface area contributed by atoms with Crippen LogP contribution in [0.5, 0.6) is 0 Å². The molecule has 0 bridgehead atoms. The van der Waals surface area contributed by atoms with Gasteiger partial charge in [0.2, 0.25) is 0 Å². The van der Waals surface area contributed by atoms with Crippen molar-refractivity contribution < 1.29 is 13.9 Å². The van der Waals surface area contributed by atoms with Crippen molar-refractivity contribution in [3.8, 4) is 5.69 Å². The second-order valence-corrected chi connectivity index (χ2v) is 8.58. The fourth-order valence-electron chi connectivity index (χ4n) is 4.32. The van der Waals surface area contributed by atoms with E-state index < -0.39 is 23.3 Å². The standard InChI is InChI=1S/C22H21F2N9OS/c1-15(22(34,11-30-13-25-12-27-30)19-7-2-16(23)10-20(19)24)31-8-9-32(21(31)35)17-3-5-18(6-4-17)33-14-26-28-29-33/h2-7,10,12-15,34H,8-9,11H2,1H3/t15-,22-/m1/s1. The molecule has 0 radical (unpaired) electrons. The lowest BCUT2D eigenvalue weighted by molar-refractivity contribution is -0.0431. The Balaban J connectivity index is 1.43. The number of hydrogen-bond acceptors (Lipinski definition) is 7. The molecule has 0 aliphatic carbocycles. The highest BCUT2D eigenvalue weighted by Crippen LogP contribution is 2.35. The van der Waals surface area contributed by atoms with Crippen molar-refractivity contribution in [3.63, 3.8) is 0 Å². The van der Waals surface area contributed by atoms with Gasteiger partial charge in [0.25, 0.3) is 0 Å². The number of nitrogens with zero attached hydrogens (tertiary/aromatic N) is 9. The average molecular weight is 498 g/mol. The van der Waals surface area contributed by atoms with Gasteiger partial charge >= 0.3 is 0 Å². The van der Waals surface area contributed by atoms with Gasteiger partial charge in [-0.1, -0.05) is 6.07 Å². The van der Waals surface area contributed by atoms with Crippen LogP contribution in [0.1, 0.15) is 12.5 Å². The third-order valence-electron chi connectivity index (χ3n) is 6.24. The van der Waals surface area contributed by atoms with Crippen molar-refractivity contribution in [2.45, 2.75) is 25.1 Å². The molecule has 0 spiro atoms. The summed E-state index contributed by atoms with van der Waals surface area (Å²) in [5, 5.41) is 27.6. The van der Waals surface area contributed by atoms with Gasteiger partial charge in [-0.3, -0.25) is 0 Å². The molecule has 0 amide bonds. The summed E-state index contributed by atoms with van der Waals surface area (Å²) < 4.78 is 31.5. The van der Waals surface area contributed by atoms with Crippen LogP contribution in [-0.2, 0) is 12.1 Å². The number of tetrazole rings is 1. The Morgan fingerprint density at radius 3 is 2.51 bits per heavy atom. The fourth-order valence-corrected chi connectivity index (χ4v) is 4.77. The zero-order valence-corrected chi connectivity index (χ0v) is 19.4. The summed E-state index contributed by atoms with van der Waals surface area (Å²) in [5.41, 5.74) is -0.179. The molecular weight excluding hydrogens is 476 g/mol. The monoisotopic (exact) mass is 497 g/mol. The Labute approximate surface area is 204 Å². The number of aromatic nitrogens is 7. The maximum Gasteiger partial charge on any atom is 0.176 e. The van der Waals surface area contributed by atoms with Gasteiger partial charge in [-0.25, -0.2) is 23.1 Å². The van der Waals surface area contributed by atoms with Gasteiger partial charge in [-0.05, 0) is 59.9 Å². The highest BCUT2D eigenvalue weighted by atomic mass is 32.1. The molecule has 2 aromatic heterocycles. The highest BCUT2D eigenvalue weighted by Gasteiger charge is 2.45. The lowest BCUT2D eigenvalue weighted by atomic mass is 9.85. The largest absolute Gasteiger partial charge is 0.381 e. The Kier molecular flexibility index (Phi) is 5.94. The van der Waals surface area contributed by atoms with E-state index >= 15 is 0 Å². The number of thiocarbonyl (C=S) groups is 1. The number of hydrogen-bond donors (Lipinski definition) is 1. The second kappa shape index (κ2) is 9.07. The number of anilines is 1. The molecule has 2 aromatic carbocycles. The van der Waals surface area contributed by atoms with Crippen molar-refractivity contribution >= 4 is 23.0 Å². The molecular formula is C22H21F2N9OS. The van der Waals surface area contributed by atoms with Crippen LogP contribution in [-0.4, -0.2) is 69.2 Å².